The van der Waals surface area contributed by atoms with E-state index < -0.39 is 226 Å². The maximum atomic E-state index is 15.8. The first-order chi connectivity index (χ1) is 66.3. The van der Waals surface area contributed by atoms with Gasteiger partial charge in [0.05, 0.1) is 76.6 Å². The molecule has 4 saturated carbocycles. The number of hydrogen-bond acceptors (Lipinski definition) is 40. The standard InChI is InChI=1S/C96H162N4O38/c1-91(2)34-35-96(50(36-91)49-28-29-59-93(5)32-31-60(101)92(3,4)58(93)30-33-94(59,6)95(49,7)37-61(96)102)90(103)97-38-48-39-100(99-98-48)47-124-75-68-57(46-110-14)131-89(82(75)123-27)137-67-56(45-109-13)129-87(80(121-25)74(67)116-20)135-65-54(43-107-11)127-85(78(119-23)72(65)114-18)133-63-52(41-105-9)125-83(76(117-21)70(63)112-16)132-62-51(40-104-8)126-84(77(118-22)69(62)111-15)134-64-53(42-106-10)128-86(79(120-24)71(64)113-17)136-66-55(44-108-12)130-88(138-68)81(122-26)73(66)115-19/h28,39,50-89,101-102H,29-38,40-47H2,1-27H3,(H,97,103)/t50?,51-,52-,53-,54-,55-,56-,57-,58?,59?,60+,61-,62-,63-,64-,65-,66-,67-,68-,69+,70+,71+,72+,73+,74+,75+,76-,77-,78-,79-,80-,81-,82-,83-,84-,85-,86-,87-,88-,89-,93+,94-,95-,96-/m1/s1. The van der Waals surface area contributed by atoms with Crippen LogP contribution >= 0.6 is 0 Å². The van der Waals surface area contributed by atoms with Gasteiger partial charge in [-0.1, -0.05) is 65.3 Å². The molecule has 794 valence electrons. The highest BCUT2D eigenvalue weighted by Crippen LogP contribution is 2.76. The number of rotatable bonds is 33. The summed E-state index contributed by atoms with van der Waals surface area (Å²) in [5, 5.41) is 37.2. The van der Waals surface area contributed by atoms with Gasteiger partial charge >= 0.3 is 0 Å². The molecule has 1 aromatic rings. The van der Waals surface area contributed by atoms with Gasteiger partial charge in [0.1, 0.15) is 183 Å². The normalized spacial score (nSPS) is 46.5. The number of allylic oxidation sites excluding steroid dienone is 2. The van der Waals surface area contributed by atoms with Gasteiger partial charge in [0.25, 0.3) is 0 Å². The van der Waals surface area contributed by atoms with Crippen molar-refractivity contribution in [2.24, 2.45) is 50.2 Å². The molecule has 26 aliphatic rings. The number of aromatic nitrogens is 3. The molecule has 1 aromatic heterocycles. The fourth-order valence-corrected chi connectivity index (χ4v) is 26.5. The van der Waals surface area contributed by atoms with E-state index in [1.807, 2.05) is 0 Å². The molecule has 44 atom stereocenters. The lowest BCUT2D eigenvalue weighted by Crippen LogP contribution is -2.69. The number of methoxy groups -OCH3 is 20. The van der Waals surface area contributed by atoms with Crippen molar-refractivity contribution in [2.45, 2.75) is 347 Å². The number of fused-ring (bicyclic) bond motifs is 7. The van der Waals surface area contributed by atoms with Crippen LogP contribution in [0, 0.1) is 50.2 Å². The van der Waals surface area contributed by atoms with E-state index in [0.717, 1.165) is 44.9 Å². The third-order valence-electron chi connectivity index (χ3n) is 33.5. The van der Waals surface area contributed by atoms with Crippen molar-refractivity contribution in [3.63, 3.8) is 0 Å². The quantitative estimate of drug-likeness (QED) is 0.0841. The molecule has 3 unspecified atom stereocenters. The summed E-state index contributed by atoms with van der Waals surface area (Å²) in [6.45, 7) is 15.4. The second kappa shape index (κ2) is 47.6. The molecule has 5 aliphatic carbocycles. The Kier molecular flexibility index (Phi) is 38.1. The van der Waals surface area contributed by atoms with Crippen LogP contribution in [0.2, 0.25) is 0 Å². The zero-order valence-electron chi connectivity index (χ0n) is 85.9. The van der Waals surface area contributed by atoms with E-state index in [1.165, 1.54) is 152 Å². The van der Waals surface area contributed by atoms with Crippen molar-refractivity contribution in [3.8, 4) is 0 Å². The Balaban J connectivity index is 0.810. The summed E-state index contributed by atoms with van der Waals surface area (Å²) in [5.41, 5.74) is -0.308. The number of carbonyl (C=O) groups excluding carboxylic acids is 1. The minimum absolute atomic E-state index is 0.0122. The second-order valence-electron chi connectivity index (χ2n) is 41.3. The number of nitrogens with zero attached hydrogens (tertiary/aromatic N) is 3. The highest BCUT2D eigenvalue weighted by Gasteiger charge is 2.73. The second-order valence-corrected chi connectivity index (χ2v) is 41.3. The van der Waals surface area contributed by atoms with Crippen molar-refractivity contribution < 1.29 is 181 Å². The Hall–Kier alpha value is -3.13. The summed E-state index contributed by atoms with van der Waals surface area (Å²) in [5.74, 6) is 0.229. The van der Waals surface area contributed by atoms with Gasteiger partial charge in [-0.2, -0.15) is 0 Å². The summed E-state index contributed by atoms with van der Waals surface area (Å²) >= 11 is 0. The smallest absolute Gasteiger partial charge is 0.229 e. The van der Waals surface area contributed by atoms with E-state index in [1.54, 1.807) is 6.20 Å². The number of hydrogen-bond donors (Lipinski definition) is 3. The van der Waals surface area contributed by atoms with Crippen LogP contribution in [0.15, 0.2) is 17.8 Å². The lowest BCUT2D eigenvalue weighted by Gasteiger charge is -2.71. The molecule has 21 saturated heterocycles. The summed E-state index contributed by atoms with van der Waals surface area (Å²) in [6, 6.07) is 0. The maximum Gasteiger partial charge on any atom is 0.229 e. The minimum atomic E-state index is -1.41. The first kappa shape index (κ1) is 111. The van der Waals surface area contributed by atoms with Crippen LogP contribution in [0.5, 0.6) is 0 Å². The van der Waals surface area contributed by atoms with Gasteiger partial charge in [0.15, 0.2) is 44.0 Å². The van der Waals surface area contributed by atoms with Crippen LogP contribution in [0.4, 0.5) is 0 Å². The van der Waals surface area contributed by atoms with Crippen molar-refractivity contribution in [2.75, 3.05) is 188 Å². The highest BCUT2D eigenvalue weighted by atomic mass is 16.8. The molecule has 42 heteroatoms. The zero-order chi connectivity index (χ0) is 99.4. The van der Waals surface area contributed by atoms with Gasteiger partial charge in [-0.05, 0) is 103 Å². The first-order valence-electron chi connectivity index (χ1n) is 48.6. The summed E-state index contributed by atoms with van der Waals surface area (Å²) < 4.78 is 234. The average molecular weight is 1980 g/mol. The molecule has 138 heavy (non-hydrogen) atoms. The van der Waals surface area contributed by atoms with E-state index in [4.69, 9.17) is 166 Å². The lowest BCUT2D eigenvalue weighted by atomic mass is 9.33. The molecule has 42 nitrogen and oxygen atoms in total. The third-order valence-corrected chi connectivity index (χ3v) is 33.5. The number of ether oxygens (including phenoxy) is 35. The van der Waals surface area contributed by atoms with Gasteiger partial charge in [-0.15, -0.1) is 5.10 Å². The van der Waals surface area contributed by atoms with Gasteiger partial charge in [0.2, 0.25) is 5.91 Å². The molecule has 25 fully saturated rings. The van der Waals surface area contributed by atoms with Crippen LogP contribution in [-0.2, 0) is 184 Å². The Morgan fingerprint density at radius 2 is 0.688 bits per heavy atom. The lowest BCUT2D eigenvalue weighted by molar-refractivity contribution is -0.404. The molecule has 0 spiro atoms. The Morgan fingerprint density at radius 1 is 0.377 bits per heavy atom. The zero-order valence-corrected chi connectivity index (χ0v) is 85.9. The molecule has 27 rings (SSSR count). The third kappa shape index (κ3) is 21.0. The summed E-state index contributed by atoms with van der Waals surface area (Å²) in [6.07, 6.45) is -29.4. The molecule has 21 aliphatic heterocycles. The van der Waals surface area contributed by atoms with E-state index in [0.29, 0.717) is 30.4 Å². The topological polar surface area (TPSA) is 423 Å². The summed E-state index contributed by atoms with van der Waals surface area (Å²) in [4.78, 5) is 15.8. The fraction of sp³-hybridized carbons (Fsp3) is 0.948. The van der Waals surface area contributed by atoms with Crippen molar-refractivity contribution in [1.29, 1.82) is 0 Å². The predicted octanol–water partition coefficient (Wildman–Crippen LogP) is 3.87. The molecule has 0 radical (unpaired) electrons. The number of carbonyl (C=O) groups is 1. The molecular formula is C96H162N4O38. The number of aliphatic hydroxyl groups excluding tert-OH is 2. The monoisotopic (exact) mass is 1980 g/mol. The largest absolute Gasteiger partial charge is 0.393 e. The molecular weight excluding hydrogens is 1820 g/mol. The molecule has 14 bridgehead atoms. The van der Waals surface area contributed by atoms with Gasteiger partial charge in [-0.25, -0.2) is 4.68 Å². The average Bonchev–Trinajstić information content (AvgIpc) is 0.695. The molecule has 1 amide bonds. The van der Waals surface area contributed by atoms with Crippen LogP contribution < -0.4 is 5.32 Å². The number of nitrogens with one attached hydrogen (secondary N) is 1. The van der Waals surface area contributed by atoms with Crippen LogP contribution in [0.1, 0.15) is 112 Å². The van der Waals surface area contributed by atoms with E-state index >= 15 is 4.79 Å². The first-order valence-corrected chi connectivity index (χ1v) is 48.6. The van der Waals surface area contributed by atoms with Crippen LogP contribution in [-0.4, -0.2) is 447 Å². The molecule has 0 aromatic carbocycles. The van der Waals surface area contributed by atoms with Gasteiger partial charge in [0, 0.05) is 142 Å². The molecule has 22 heterocycles. The minimum Gasteiger partial charge on any atom is -0.393 e. The molecule has 3 N–H and O–H groups in total. The van der Waals surface area contributed by atoms with E-state index in [-0.39, 0.29) is 105 Å². The Labute approximate surface area is 812 Å². The fourth-order valence-electron chi connectivity index (χ4n) is 26.5. The maximum absolute atomic E-state index is 15.8. The number of aliphatic hydroxyl groups is 2. The predicted molar refractivity (Wildman–Crippen MR) is 481 cm³/mol. The van der Waals surface area contributed by atoms with Gasteiger partial charge in [-0.3, -0.25) is 4.79 Å². The van der Waals surface area contributed by atoms with Gasteiger partial charge < -0.3 is 181 Å². The van der Waals surface area contributed by atoms with Crippen molar-refractivity contribution in [1.82, 2.24) is 20.3 Å². The summed E-state index contributed by atoms with van der Waals surface area (Å²) in [7, 11) is 30.1. The van der Waals surface area contributed by atoms with Crippen molar-refractivity contribution in [3.05, 3.63) is 23.5 Å². The van der Waals surface area contributed by atoms with Crippen LogP contribution in [0.25, 0.3) is 0 Å². The Bertz CT molecular complexity index is 3950. The Morgan fingerprint density at radius 3 is 1.00 bits per heavy atom. The van der Waals surface area contributed by atoms with Crippen molar-refractivity contribution >= 4 is 5.91 Å². The van der Waals surface area contributed by atoms with E-state index in [9.17, 15) is 10.2 Å². The highest BCUT2D eigenvalue weighted by molar-refractivity contribution is 5.85. The SMILES string of the molecule is COC[C@H]1O[C@@H]2O[C@H]3[C@H](OC)[C@@H](OC)[C@@H](O[C@H]4[C@H](OC)[C@@H](OC)[C@@H](O[C@H]5[C@H](OC)[C@@H](OC)[C@@H](O[C@H]6[C@H](OCn7cc(CNC(=O)[C@]89CCC(C)(C)CC8C8=CCC%10[C@@]%11(C)CC[C@H](O)C(C)(C)C%11CC[C@@]%10(C)[C@]8(C)C[C@H]9O)nn7)[C@@H](OC)[C@@H](O[C@H]7[C@H](OC)[C@@H](OC)[C@@H](O[C@H]8[C@H](OC)[C@@H](OC)[C@@H](O[C@H]1[C@H](OC)[C@H]2OC)O[C@@H]8COC)O[C@@H]7COC)O[C@@H]6COC)O[C@@H]5COC)O[C@@H]4COC)O[C@@H]3COC. The number of amides is 1. The van der Waals surface area contributed by atoms with E-state index in [2.05, 4.69) is 70.2 Å². The van der Waals surface area contributed by atoms with Crippen LogP contribution in [0.3, 0.4) is 0 Å².